The maximum Gasteiger partial charge on any atom is 0.460 e. The van der Waals surface area contributed by atoms with E-state index in [1.54, 1.807) is 0 Å². The van der Waals surface area contributed by atoms with Gasteiger partial charge in [0.1, 0.15) is 0 Å². The molecule has 1 radical (unpaired) electrons. The molecule has 0 fully saturated rings. The topological polar surface area (TPSA) is 0 Å². The average Bonchev–Trinajstić information content (AvgIpc) is 2.43. The van der Waals surface area contributed by atoms with Crippen molar-refractivity contribution in [2.75, 3.05) is 0 Å². The van der Waals surface area contributed by atoms with Gasteiger partial charge in [0.15, 0.2) is 0 Å². The Bertz CT molecular complexity index is 594. The molecule has 175 valence electrons. The standard InChI is InChI=1S/C9H2Cl2F17Si/c10-29(11)1-2(12,13)3(14,15)4(16,17)5(18,19)6(20,21)7(22,23)8(24,25)9(26,27)28/h1H2. The summed E-state index contributed by atoms with van der Waals surface area (Å²) in [4.78, 5) is 0. The molecular formula is C9H2Cl2F17Si. The summed E-state index contributed by atoms with van der Waals surface area (Å²) in [6.07, 6.45) is -7.77. The predicted octanol–water partition coefficient (Wildman–Crippen LogP) is 6.96. The zero-order chi connectivity index (χ0) is 24.3. The quantitative estimate of drug-likeness (QED) is 0.180. The zero-order valence-corrected chi connectivity index (χ0v) is 14.9. The van der Waals surface area contributed by atoms with Crippen molar-refractivity contribution in [3.8, 4) is 0 Å². The van der Waals surface area contributed by atoms with E-state index >= 15 is 0 Å². The van der Waals surface area contributed by atoms with Crippen LogP contribution in [-0.4, -0.2) is 55.1 Å². The third kappa shape index (κ3) is 3.96. The number of rotatable bonds is 8. The molecule has 0 bridgehead atoms. The van der Waals surface area contributed by atoms with Gasteiger partial charge in [-0.3, -0.25) is 0 Å². The molecule has 0 spiro atoms. The van der Waals surface area contributed by atoms with Gasteiger partial charge in [-0.2, -0.15) is 74.6 Å². The normalized spacial score (nSPS) is 16.6. The van der Waals surface area contributed by atoms with Crippen molar-refractivity contribution in [2.45, 2.75) is 53.7 Å². The SMILES string of the molecule is FC(F)(F)C(F)(F)C(F)(F)C(F)(F)C(F)(F)C(F)(F)C(F)(F)C(F)(F)C[Si](Cl)Cl. The van der Waals surface area contributed by atoms with Crippen LogP contribution in [0.5, 0.6) is 0 Å². The molecule has 0 aromatic heterocycles. The van der Waals surface area contributed by atoms with Crippen molar-refractivity contribution in [3.05, 3.63) is 0 Å². The second-order valence-corrected chi connectivity index (χ2v) is 9.51. The van der Waals surface area contributed by atoms with Gasteiger partial charge in [-0.15, -0.1) is 22.2 Å². The van der Waals surface area contributed by atoms with Gasteiger partial charge in [-0.25, -0.2) is 0 Å². The summed E-state index contributed by atoms with van der Waals surface area (Å²) in [6, 6.07) is -2.76. The molecule has 0 aliphatic heterocycles. The average molecular weight is 532 g/mol. The van der Waals surface area contributed by atoms with Gasteiger partial charge >= 0.3 is 47.6 Å². The van der Waals surface area contributed by atoms with Gasteiger partial charge < -0.3 is 0 Å². The summed E-state index contributed by atoms with van der Waals surface area (Å²) in [6.45, 7) is 0. The Labute approximate surface area is 158 Å². The summed E-state index contributed by atoms with van der Waals surface area (Å²) < 4.78 is 218. The van der Waals surface area contributed by atoms with E-state index in [1.807, 2.05) is 0 Å². The summed E-state index contributed by atoms with van der Waals surface area (Å²) in [5, 5.41) is 0. The molecule has 0 saturated carbocycles. The van der Waals surface area contributed by atoms with Gasteiger partial charge in [-0.1, -0.05) is 0 Å². The van der Waals surface area contributed by atoms with Crippen molar-refractivity contribution in [1.82, 2.24) is 0 Å². The Hall–Kier alpha value is -0.393. The Morgan fingerprint density at radius 3 is 0.897 bits per heavy atom. The monoisotopic (exact) mass is 531 g/mol. The lowest BCUT2D eigenvalue weighted by Gasteiger charge is -2.42. The van der Waals surface area contributed by atoms with E-state index in [-0.39, 0.29) is 0 Å². The van der Waals surface area contributed by atoms with Crippen LogP contribution >= 0.6 is 22.2 Å². The summed E-state index contributed by atoms with van der Waals surface area (Å²) in [7, 11) is -3.75. The largest absolute Gasteiger partial charge is 0.460 e. The maximum atomic E-state index is 13.2. The molecule has 20 heteroatoms. The van der Waals surface area contributed by atoms with Gasteiger partial charge in [0.25, 0.3) is 7.42 Å². The van der Waals surface area contributed by atoms with E-state index in [1.165, 1.54) is 0 Å². The van der Waals surface area contributed by atoms with Crippen molar-refractivity contribution in [1.29, 1.82) is 0 Å². The molecule has 29 heavy (non-hydrogen) atoms. The fraction of sp³-hybridized carbons (Fsp3) is 1.00. The molecule has 0 rings (SSSR count). The van der Waals surface area contributed by atoms with Gasteiger partial charge in [0.2, 0.25) is 0 Å². The Morgan fingerprint density at radius 2 is 0.655 bits per heavy atom. The highest BCUT2D eigenvalue weighted by atomic mass is 35.7. The van der Waals surface area contributed by atoms with Crippen molar-refractivity contribution in [3.63, 3.8) is 0 Å². The Kier molecular flexibility index (Phi) is 7.24. The van der Waals surface area contributed by atoms with Gasteiger partial charge in [0.05, 0.1) is 0 Å². The van der Waals surface area contributed by atoms with Gasteiger partial charge in [0, 0.05) is 6.04 Å². The van der Waals surface area contributed by atoms with Crippen molar-refractivity contribution < 1.29 is 74.6 Å². The molecule has 0 aromatic carbocycles. The number of hydrogen-bond donors (Lipinski definition) is 0. The number of hydrogen-bond acceptors (Lipinski definition) is 0. The minimum Gasteiger partial charge on any atom is -0.200 e. The van der Waals surface area contributed by atoms with E-state index in [0.29, 0.717) is 0 Å². The number of alkyl halides is 17. The van der Waals surface area contributed by atoms with Crippen LogP contribution in [0.3, 0.4) is 0 Å². The molecule has 0 aromatic rings. The van der Waals surface area contributed by atoms with Crippen LogP contribution in [0.1, 0.15) is 0 Å². The zero-order valence-electron chi connectivity index (χ0n) is 12.4. The summed E-state index contributed by atoms with van der Waals surface area (Å²) >= 11 is 9.27. The van der Waals surface area contributed by atoms with E-state index in [4.69, 9.17) is 0 Å². The Balaban J connectivity index is 6.65. The highest BCUT2D eigenvalue weighted by molar-refractivity contribution is 7.33. The first-order valence-corrected chi connectivity index (χ1v) is 9.78. The van der Waals surface area contributed by atoms with Gasteiger partial charge in [-0.05, 0) is 0 Å². The van der Waals surface area contributed by atoms with Crippen LogP contribution in [0.4, 0.5) is 74.6 Å². The highest BCUT2D eigenvalue weighted by Crippen LogP contribution is 2.64. The predicted molar refractivity (Wildman–Crippen MR) is 63.0 cm³/mol. The molecule has 0 nitrogen and oxygen atoms in total. The summed E-state index contributed by atoms with van der Waals surface area (Å²) in [5.41, 5.74) is 0. The van der Waals surface area contributed by atoms with Crippen molar-refractivity contribution in [2.24, 2.45) is 0 Å². The molecular weight excluding hydrogens is 530 g/mol. The third-order valence-corrected chi connectivity index (χ3v) is 4.66. The molecule has 0 saturated heterocycles. The van der Waals surface area contributed by atoms with Crippen LogP contribution in [0.15, 0.2) is 0 Å². The minimum atomic E-state index is -8.63. The molecule has 0 N–H and O–H groups in total. The fourth-order valence-corrected chi connectivity index (χ4v) is 3.04. The third-order valence-electron chi connectivity index (χ3n) is 3.14. The lowest BCUT2D eigenvalue weighted by atomic mass is 9.89. The Morgan fingerprint density at radius 1 is 0.414 bits per heavy atom. The van der Waals surface area contributed by atoms with E-state index in [2.05, 4.69) is 22.2 Å². The highest BCUT2D eigenvalue weighted by Gasteiger charge is 2.95. The number of halogens is 19. The van der Waals surface area contributed by atoms with E-state index in [9.17, 15) is 74.6 Å². The second-order valence-electron chi connectivity index (χ2n) is 5.16. The summed E-state index contributed by atoms with van der Waals surface area (Å²) in [5.74, 6) is -56.4. The van der Waals surface area contributed by atoms with Crippen LogP contribution in [0.25, 0.3) is 0 Å². The minimum absolute atomic E-state index is 2.76. The van der Waals surface area contributed by atoms with E-state index in [0.717, 1.165) is 0 Å². The molecule has 0 amide bonds. The van der Waals surface area contributed by atoms with Crippen molar-refractivity contribution >= 4 is 29.6 Å². The molecule has 0 aliphatic carbocycles. The van der Waals surface area contributed by atoms with E-state index < -0.39 is 61.1 Å². The van der Waals surface area contributed by atoms with Crippen LogP contribution in [0.2, 0.25) is 6.04 Å². The first-order valence-electron chi connectivity index (χ1n) is 6.05. The maximum absolute atomic E-state index is 13.2. The first kappa shape index (κ1) is 28.6. The van der Waals surface area contributed by atoms with Crippen LogP contribution in [0, 0.1) is 0 Å². The lowest BCUT2D eigenvalue weighted by molar-refractivity contribution is -0.460. The molecule has 0 atom stereocenters. The molecule has 0 unspecified atom stereocenters. The molecule has 0 aliphatic rings. The first-order chi connectivity index (χ1) is 12.2. The fourth-order valence-electron chi connectivity index (χ4n) is 1.48. The van der Waals surface area contributed by atoms with Crippen LogP contribution < -0.4 is 0 Å². The smallest absolute Gasteiger partial charge is 0.200 e. The lowest BCUT2D eigenvalue weighted by Crippen LogP contribution is -2.74. The molecule has 0 heterocycles. The van der Waals surface area contributed by atoms with Crippen LogP contribution in [-0.2, 0) is 0 Å². The second kappa shape index (κ2) is 7.34.